The lowest BCUT2D eigenvalue weighted by atomic mass is 10.2. The van der Waals surface area contributed by atoms with Gasteiger partial charge in [0.25, 0.3) is 0 Å². The van der Waals surface area contributed by atoms with E-state index >= 15 is 0 Å². The molecule has 1 N–H and O–H groups in total. The smallest absolute Gasteiger partial charge is 0.107 e. The molecule has 1 fully saturated rings. The Hall–Kier alpha value is -0.660. The van der Waals surface area contributed by atoms with E-state index in [4.69, 9.17) is 4.74 Å². The third-order valence-electron chi connectivity index (χ3n) is 1.67. The highest BCUT2D eigenvalue weighted by Gasteiger charge is 2.21. The maximum Gasteiger partial charge on any atom is 0.107 e. The Labute approximate surface area is 48.5 Å². The average Bonchev–Trinajstić information content (AvgIpc) is 2.12. The number of nitrogens with one attached hydrogen (secondary N) is 1. The molecule has 0 radical (unpaired) electrons. The molecule has 1 saturated heterocycles. The van der Waals surface area contributed by atoms with Gasteiger partial charge in [0.1, 0.15) is 12.9 Å². The minimum atomic E-state index is 0.620. The molecule has 0 aromatic heterocycles. The summed E-state index contributed by atoms with van der Waals surface area (Å²) >= 11 is 0. The molecule has 0 aromatic rings. The Morgan fingerprint density at radius 1 is 1.75 bits per heavy atom. The van der Waals surface area contributed by atoms with Crippen molar-refractivity contribution in [1.82, 2.24) is 5.32 Å². The topological polar surface area (TPSA) is 21.3 Å². The van der Waals surface area contributed by atoms with E-state index < -0.39 is 0 Å². The highest BCUT2D eigenvalue weighted by molar-refractivity contribution is 5.06. The number of rotatable bonds is 0. The van der Waals surface area contributed by atoms with Gasteiger partial charge in [-0.05, 0) is 12.8 Å². The van der Waals surface area contributed by atoms with Gasteiger partial charge in [-0.2, -0.15) is 0 Å². The molecule has 0 saturated carbocycles. The molecule has 2 bridgehead atoms. The molecular formula is C6H9NO. The molecule has 2 nitrogen and oxygen atoms in total. The molecule has 1 unspecified atom stereocenters. The first-order valence-corrected chi connectivity index (χ1v) is 3.02. The van der Waals surface area contributed by atoms with Crippen molar-refractivity contribution in [3.05, 3.63) is 12.0 Å². The minimum absolute atomic E-state index is 0.620. The van der Waals surface area contributed by atoms with E-state index in [0.29, 0.717) is 6.04 Å². The number of allylic oxidation sites excluding steroid dienone is 1. The van der Waals surface area contributed by atoms with Crippen LogP contribution in [0.25, 0.3) is 0 Å². The van der Waals surface area contributed by atoms with Gasteiger partial charge in [-0.15, -0.1) is 0 Å². The van der Waals surface area contributed by atoms with Gasteiger partial charge in [0, 0.05) is 5.70 Å². The zero-order chi connectivity index (χ0) is 5.40. The zero-order valence-corrected chi connectivity index (χ0v) is 4.68. The summed E-state index contributed by atoms with van der Waals surface area (Å²) in [5.74, 6) is 0. The van der Waals surface area contributed by atoms with Gasteiger partial charge in [0.05, 0.1) is 6.04 Å². The van der Waals surface area contributed by atoms with Gasteiger partial charge in [0.15, 0.2) is 0 Å². The minimum Gasteiger partial charge on any atom is -0.497 e. The van der Waals surface area contributed by atoms with Crippen LogP contribution < -0.4 is 5.32 Å². The molecule has 8 heavy (non-hydrogen) atoms. The first-order chi connectivity index (χ1) is 3.95. The summed E-state index contributed by atoms with van der Waals surface area (Å²) in [4.78, 5) is 0. The number of hydrogen-bond donors (Lipinski definition) is 1. The first-order valence-electron chi connectivity index (χ1n) is 3.02. The van der Waals surface area contributed by atoms with E-state index in [2.05, 4.69) is 5.32 Å². The fraction of sp³-hybridized carbons (Fsp3) is 0.667. The second kappa shape index (κ2) is 1.41. The maximum atomic E-state index is 5.13. The predicted octanol–water partition coefficient (Wildman–Crippen LogP) is 0.610. The van der Waals surface area contributed by atoms with Gasteiger partial charge in [-0.3, -0.25) is 0 Å². The van der Waals surface area contributed by atoms with Crippen molar-refractivity contribution >= 4 is 0 Å². The summed E-state index contributed by atoms with van der Waals surface area (Å²) in [6, 6.07) is 0.620. The highest BCUT2D eigenvalue weighted by Crippen LogP contribution is 2.19. The first kappa shape index (κ1) is 4.24. The van der Waals surface area contributed by atoms with Crippen molar-refractivity contribution < 1.29 is 4.74 Å². The molecule has 0 aromatic carbocycles. The molecule has 2 heteroatoms. The molecule has 2 rings (SSSR count). The van der Waals surface area contributed by atoms with Crippen LogP contribution in [0.2, 0.25) is 0 Å². The molecule has 0 amide bonds. The van der Waals surface area contributed by atoms with Crippen molar-refractivity contribution in [3.8, 4) is 0 Å². The van der Waals surface area contributed by atoms with E-state index in [-0.39, 0.29) is 0 Å². The normalized spacial score (nSPS) is 33.0. The summed E-state index contributed by atoms with van der Waals surface area (Å²) < 4.78 is 5.13. The Morgan fingerprint density at radius 3 is 3.50 bits per heavy atom. The Morgan fingerprint density at radius 2 is 2.75 bits per heavy atom. The van der Waals surface area contributed by atoms with Crippen LogP contribution in [0.1, 0.15) is 12.8 Å². The van der Waals surface area contributed by atoms with E-state index in [1.54, 1.807) is 0 Å². The highest BCUT2D eigenvalue weighted by atomic mass is 16.5. The maximum absolute atomic E-state index is 5.13. The van der Waals surface area contributed by atoms with Crippen molar-refractivity contribution in [2.75, 3.05) is 6.61 Å². The van der Waals surface area contributed by atoms with Gasteiger partial charge >= 0.3 is 0 Å². The molecule has 0 spiro atoms. The van der Waals surface area contributed by atoms with Crippen molar-refractivity contribution in [3.63, 3.8) is 0 Å². The van der Waals surface area contributed by atoms with Gasteiger partial charge in [-0.1, -0.05) is 0 Å². The third-order valence-corrected chi connectivity index (χ3v) is 1.67. The lowest BCUT2D eigenvalue weighted by molar-refractivity contribution is 0.203. The molecule has 1 atom stereocenters. The van der Waals surface area contributed by atoms with E-state index in [0.717, 1.165) is 6.61 Å². The monoisotopic (exact) mass is 111 g/mol. The van der Waals surface area contributed by atoms with Crippen LogP contribution >= 0.6 is 0 Å². The lowest BCUT2D eigenvalue weighted by Crippen LogP contribution is -2.28. The summed E-state index contributed by atoms with van der Waals surface area (Å²) in [5, 5.41) is 3.33. The predicted molar refractivity (Wildman–Crippen MR) is 30.2 cm³/mol. The SMILES string of the molecule is C1=C2CCC(CO1)N2. The Kier molecular flexibility index (Phi) is 0.745. The van der Waals surface area contributed by atoms with E-state index in [9.17, 15) is 0 Å². The van der Waals surface area contributed by atoms with Crippen LogP contribution in [0.5, 0.6) is 0 Å². The fourth-order valence-electron chi connectivity index (χ4n) is 1.22. The molecule has 0 aliphatic carbocycles. The fourth-order valence-corrected chi connectivity index (χ4v) is 1.22. The Bertz CT molecular complexity index is 128. The average molecular weight is 111 g/mol. The van der Waals surface area contributed by atoms with Crippen LogP contribution in [-0.4, -0.2) is 12.6 Å². The van der Waals surface area contributed by atoms with Crippen molar-refractivity contribution in [1.29, 1.82) is 0 Å². The molecular weight excluding hydrogens is 102 g/mol. The number of hydrogen-bond acceptors (Lipinski definition) is 2. The van der Waals surface area contributed by atoms with E-state index in [1.165, 1.54) is 18.5 Å². The quantitative estimate of drug-likeness (QED) is 0.494. The van der Waals surface area contributed by atoms with Crippen LogP contribution in [0, 0.1) is 0 Å². The van der Waals surface area contributed by atoms with Crippen molar-refractivity contribution in [2.24, 2.45) is 0 Å². The standard InChI is InChI=1S/C6H9NO/c1-2-6-4-8-3-5(1)7-6/h3,6-7H,1-2,4H2. The van der Waals surface area contributed by atoms with Gasteiger partial charge in [0.2, 0.25) is 0 Å². The second-order valence-corrected chi connectivity index (χ2v) is 2.36. The van der Waals surface area contributed by atoms with Gasteiger partial charge in [-0.25, -0.2) is 0 Å². The number of fused-ring (bicyclic) bond motifs is 2. The summed E-state index contributed by atoms with van der Waals surface area (Å²) in [7, 11) is 0. The van der Waals surface area contributed by atoms with Gasteiger partial charge < -0.3 is 10.1 Å². The van der Waals surface area contributed by atoms with Crippen LogP contribution in [0.4, 0.5) is 0 Å². The summed E-state index contributed by atoms with van der Waals surface area (Å²) in [5.41, 5.74) is 1.28. The summed E-state index contributed by atoms with van der Waals surface area (Å²) in [6.07, 6.45) is 4.28. The largest absolute Gasteiger partial charge is 0.497 e. The lowest BCUT2D eigenvalue weighted by Gasteiger charge is -2.14. The summed E-state index contributed by atoms with van der Waals surface area (Å²) in [6.45, 7) is 0.865. The van der Waals surface area contributed by atoms with E-state index in [1.807, 2.05) is 6.26 Å². The zero-order valence-electron chi connectivity index (χ0n) is 4.68. The molecule has 44 valence electrons. The third kappa shape index (κ3) is 0.489. The Balaban J connectivity index is 2.22. The molecule has 2 aliphatic rings. The van der Waals surface area contributed by atoms with Crippen LogP contribution in [0.3, 0.4) is 0 Å². The second-order valence-electron chi connectivity index (χ2n) is 2.36. The molecule has 2 heterocycles. The molecule has 2 aliphatic heterocycles. The van der Waals surface area contributed by atoms with Crippen LogP contribution in [0.15, 0.2) is 12.0 Å². The van der Waals surface area contributed by atoms with Crippen LogP contribution in [-0.2, 0) is 4.74 Å². The number of ether oxygens (including phenoxy) is 1. The van der Waals surface area contributed by atoms with Crippen molar-refractivity contribution in [2.45, 2.75) is 18.9 Å².